The maximum Gasteiger partial charge on any atom is 0.348 e. The van der Waals surface area contributed by atoms with E-state index in [4.69, 9.17) is 4.74 Å². The van der Waals surface area contributed by atoms with E-state index in [0.29, 0.717) is 30.6 Å². The molecular formula is C28H37F2NO4S. The second-order valence-corrected chi connectivity index (χ2v) is 10.9. The van der Waals surface area contributed by atoms with E-state index in [1.54, 1.807) is 6.07 Å². The standard InChI is InChI=1S/C28H37F2NO4S/c1-20(9-6-7-12-21-10-4-3-5-11-21)24(32)16-14-22-19-28(29,30)27(34)31(22)18-8-13-23-15-17-25(36-23)26(33)35-2/h3-5,10-11,15,17,20,22,24,32H,6-9,12-14,16,18-19H2,1-2H3/t20-,22+,24-/m1/s1. The summed E-state index contributed by atoms with van der Waals surface area (Å²) in [6.45, 7) is 2.23. The number of ether oxygens (including phenoxy) is 1. The maximum absolute atomic E-state index is 14.2. The molecule has 0 aliphatic carbocycles. The fourth-order valence-corrected chi connectivity index (χ4v) is 5.81. The second-order valence-electron chi connectivity index (χ2n) is 9.78. The van der Waals surface area contributed by atoms with E-state index in [-0.39, 0.29) is 12.5 Å². The number of thiophene rings is 1. The summed E-state index contributed by atoms with van der Waals surface area (Å²) in [5.74, 6) is -4.78. The van der Waals surface area contributed by atoms with Gasteiger partial charge in [-0.15, -0.1) is 11.3 Å². The zero-order chi connectivity index (χ0) is 26.1. The number of unbranched alkanes of at least 4 members (excludes halogenated alkanes) is 1. The summed E-state index contributed by atoms with van der Waals surface area (Å²) in [4.78, 5) is 26.7. The predicted molar refractivity (Wildman–Crippen MR) is 137 cm³/mol. The molecule has 1 aromatic carbocycles. The van der Waals surface area contributed by atoms with Crippen molar-refractivity contribution in [1.82, 2.24) is 4.90 Å². The average Bonchev–Trinajstić information content (AvgIpc) is 3.43. The largest absolute Gasteiger partial charge is 0.465 e. The highest BCUT2D eigenvalue weighted by atomic mass is 32.1. The lowest BCUT2D eigenvalue weighted by Gasteiger charge is -2.26. The van der Waals surface area contributed by atoms with Gasteiger partial charge in [-0.05, 0) is 68.6 Å². The number of amides is 1. The van der Waals surface area contributed by atoms with Crippen LogP contribution in [0.4, 0.5) is 8.78 Å². The van der Waals surface area contributed by atoms with E-state index in [1.165, 1.54) is 28.9 Å². The first kappa shape index (κ1) is 28.3. The van der Waals surface area contributed by atoms with E-state index >= 15 is 0 Å². The zero-order valence-corrected chi connectivity index (χ0v) is 21.9. The first-order chi connectivity index (χ1) is 17.2. The van der Waals surface area contributed by atoms with Gasteiger partial charge in [0.15, 0.2) is 0 Å². The van der Waals surface area contributed by atoms with Crippen molar-refractivity contribution in [2.45, 2.75) is 82.8 Å². The molecular weight excluding hydrogens is 484 g/mol. The van der Waals surface area contributed by atoms with Crippen molar-refractivity contribution in [2.24, 2.45) is 5.92 Å². The number of rotatable bonds is 14. The lowest BCUT2D eigenvalue weighted by molar-refractivity contribution is -0.148. The fraction of sp³-hybridized carbons (Fsp3) is 0.571. The number of alkyl halides is 2. The molecule has 1 amide bonds. The first-order valence-corrected chi connectivity index (χ1v) is 13.6. The number of hydrogen-bond donors (Lipinski definition) is 1. The molecule has 3 rings (SSSR count). The first-order valence-electron chi connectivity index (χ1n) is 12.8. The van der Waals surface area contributed by atoms with E-state index in [1.807, 2.05) is 31.2 Å². The Morgan fingerprint density at radius 3 is 2.61 bits per heavy atom. The third-order valence-corrected chi connectivity index (χ3v) is 8.17. The quantitative estimate of drug-likeness (QED) is 0.249. The molecule has 8 heteroatoms. The molecule has 1 saturated heterocycles. The summed E-state index contributed by atoms with van der Waals surface area (Å²) >= 11 is 1.31. The Morgan fingerprint density at radius 2 is 1.89 bits per heavy atom. The number of carbonyl (C=O) groups excluding carboxylic acids is 2. The highest BCUT2D eigenvalue weighted by Crippen LogP contribution is 2.36. The molecule has 2 heterocycles. The normalized spacial score (nSPS) is 18.9. The fourth-order valence-electron chi connectivity index (χ4n) is 4.84. The van der Waals surface area contributed by atoms with Crippen LogP contribution in [0.15, 0.2) is 42.5 Å². The van der Waals surface area contributed by atoms with Crippen molar-refractivity contribution in [3.8, 4) is 0 Å². The minimum Gasteiger partial charge on any atom is -0.465 e. The van der Waals surface area contributed by atoms with Gasteiger partial charge < -0.3 is 14.7 Å². The number of carbonyl (C=O) groups is 2. The van der Waals surface area contributed by atoms with Crippen molar-refractivity contribution in [2.75, 3.05) is 13.7 Å². The number of aliphatic hydroxyl groups is 1. The molecule has 5 nitrogen and oxygen atoms in total. The molecule has 1 fully saturated rings. The lowest BCUT2D eigenvalue weighted by atomic mass is 9.92. The summed E-state index contributed by atoms with van der Waals surface area (Å²) in [6.07, 6.45) is 4.75. The van der Waals surface area contributed by atoms with Crippen LogP contribution in [-0.2, 0) is 22.4 Å². The van der Waals surface area contributed by atoms with Crippen LogP contribution in [0, 0.1) is 5.92 Å². The van der Waals surface area contributed by atoms with E-state index in [0.717, 1.165) is 30.6 Å². The van der Waals surface area contributed by atoms with Gasteiger partial charge in [-0.25, -0.2) is 4.79 Å². The number of methoxy groups -OCH3 is 1. The van der Waals surface area contributed by atoms with Crippen molar-refractivity contribution >= 4 is 23.2 Å². The number of aliphatic hydroxyl groups excluding tert-OH is 1. The van der Waals surface area contributed by atoms with Gasteiger partial charge in [-0.2, -0.15) is 8.78 Å². The topological polar surface area (TPSA) is 66.8 Å². The van der Waals surface area contributed by atoms with Crippen LogP contribution >= 0.6 is 11.3 Å². The Hall–Kier alpha value is -2.32. The van der Waals surface area contributed by atoms with Crippen molar-refractivity contribution in [3.63, 3.8) is 0 Å². The van der Waals surface area contributed by atoms with E-state index in [9.17, 15) is 23.5 Å². The molecule has 1 N–H and O–H groups in total. The zero-order valence-electron chi connectivity index (χ0n) is 21.1. The van der Waals surface area contributed by atoms with Crippen LogP contribution in [0.1, 0.15) is 72.0 Å². The van der Waals surface area contributed by atoms with Gasteiger partial charge in [0.05, 0.1) is 13.2 Å². The average molecular weight is 522 g/mol. The third-order valence-electron chi connectivity index (χ3n) is 7.05. The van der Waals surface area contributed by atoms with Crippen molar-refractivity contribution in [3.05, 3.63) is 57.8 Å². The van der Waals surface area contributed by atoms with Crippen LogP contribution in [-0.4, -0.2) is 53.6 Å². The van der Waals surface area contributed by atoms with Crippen LogP contribution in [0.2, 0.25) is 0 Å². The Balaban J connectivity index is 1.43. The molecule has 198 valence electrons. The van der Waals surface area contributed by atoms with E-state index < -0.39 is 36.4 Å². The van der Waals surface area contributed by atoms with Gasteiger partial charge in [-0.1, -0.05) is 43.7 Å². The summed E-state index contributed by atoms with van der Waals surface area (Å²) in [5, 5.41) is 10.6. The smallest absolute Gasteiger partial charge is 0.348 e. The molecule has 1 aromatic heterocycles. The molecule has 0 radical (unpaired) electrons. The number of benzene rings is 1. The molecule has 2 aromatic rings. The van der Waals surface area contributed by atoms with Gasteiger partial charge in [0.25, 0.3) is 5.91 Å². The predicted octanol–water partition coefficient (Wildman–Crippen LogP) is 5.89. The number of aryl methyl sites for hydroxylation is 2. The molecule has 3 atom stereocenters. The van der Waals surface area contributed by atoms with Crippen molar-refractivity contribution < 1.29 is 28.2 Å². The van der Waals surface area contributed by atoms with Gasteiger partial charge in [0, 0.05) is 23.9 Å². The van der Waals surface area contributed by atoms with Crippen LogP contribution < -0.4 is 0 Å². The minimum absolute atomic E-state index is 0.0784. The lowest BCUT2D eigenvalue weighted by Crippen LogP contribution is -2.37. The summed E-state index contributed by atoms with van der Waals surface area (Å²) in [6, 6.07) is 13.2. The Morgan fingerprint density at radius 1 is 1.14 bits per heavy atom. The summed E-state index contributed by atoms with van der Waals surface area (Å²) in [7, 11) is 1.32. The van der Waals surface area contributed by atoms with Crippen LogP contribution in [0.25, 0.3) is 0 Å². The molecule has 1 aliphatic heterocycles. The Bertz CT molecular complexity index is 981. The molecule has 0 saturated carbocycles. The monoisotopic (exact) mass is 521 g/mol. The van der Waals surface area contributed by atoms with Gasteiger partial charge in [0.1, 0.15) is 4.88 Å². The number of nitrogens with zero attached hydrogens (tertiary/aromatic N) is 1. The highest BCUT2D eigenvalue weighted by Gasteiger charge is 2.52. The van der Waals surface area contributed by atoms with Gasteiger partial charge in [0.2, 0.25) is 0 Å². The summed E-state index contributed by atoms with van der Waals surface area (Å²) in [5.41, 5.74) is 1.31. The number of likely N-dealkylation sites (tertiary alicyclic amines) is 1. The highest BCUT2D eigenvalue weighted by molar-refractivity contribution is 7.13. The third kappa shape index (κ3) is 7.84. The molecule has 0 spiro atoms. The molecule has 36 heavy (non-hydrogen) atoms. The van der Waals surface area contributed by atoms with E-state index in [2.05, 4.69) is 12.1 Å². The second kappa shape index (κ2) is 13.3. The minimum atomic E-state index is -3.35. The number of esters is 1. The molecule has 1 aliphatic rings. The molecule has 0 bridgehead atoms. The Kier molecular flexibility index (Phi) is 10.4. The number of hydrogen-bond acceptors (Lipinski definition) is 5. The number of halogens is 2. The van der Waals surface area contributed by atoms with Gasteiger partial charge in [-0.3, -0.25) is 4.79 Å². The maximum atomic E-state index is 14.2. The van der Waals surface area contributed by atoms with Gasteiger partial charge >= 0.3 is 11.9 Å². The van der Waals surface area contributed by atoms with Crippen LogP contribution in [0.3, 0.4) is 0 Å². The summed E-state index contributed by atoms with van der Waals surface area (Å²) < 4.78 is 33.2. The Labute approximate surface area is 216 Å². The molecule has 0 unspecified atom stereocenters. The SMILES string of the molecule is COC(=O)c1ccc(CCCN2C(=O)C(F)(F)C[C@@H]2CC[C@@H](O)[C@H](C)CCCCc2ccccc2)s1. The van der Waals surface area contributed by atoms with Crippen molar-refractivity contribution in [1.29, 1.82) is 0 Å². The van der Waals surface area contributed by atoms with Crippen LogP contribution in [0.5, 0.6) is 0 Å².